The van der Waals surface area contributed by atoms with E-state index in [1.165, 1.54) is 26.4 Å². The molecule has 0 unspecified atom stereocenters. The number of aryl methyl sites for hydroxylation is 1. The summed E-state index contributed by atoms with van der Waals surface area (Å²) < 4.78 is 29.1. The van der Waals surface area contributed by atoms with Crippen molar-refractivity contribution in [2.75, 3.05) is 20.3 Å². The Morgan fingerprint density at radius 1 is 1.04 bits per heavy atom. The van der Waals surface area contributed by atoms with Gasteiger partial charge in [0.2, 0.25) is 0 Å². The van der Waals surface area contributed by atoms with E-state index >= 15 is 0 Å². The van der Waals surface area contributed by atoms with E-state index in [4.69, 9.17) is 13.8 Å². The van der Waals surface area contributed by atoms with E-state index in [9.17, 15) is 14.5 Å². The molecule has 1 aromatic rings. The van der Waals surface area contributed by atoms with Gasteiger partial charge in [0.1, 0.15) is 11.3 Å². The van der Waals surface area contributed by atoms with E-state index in [1.54, 1.807) is 26.8 Å². The van der Waals surface area contributed by atoms with Crippen molar-refractivity contribution in [1.82, 2.24) is 0 Å². The molecule has 0 aliphatic rings. The van der Waals surface area contributed by atoms with Gasteiger partial charge in [-0.05, 0) is 50.8 Å². The van der Waals surface area contributed by atoms with Crippen molar-refractivity contribution in [3.8, 4) is 5.75 Å². The van der Waals surface area contributed by atoms with E-state index in [0.717, 1.165) is 19.3 Å². The molecule has 0 aliphatic carbocycles. The van der Waals surface area contributed by atoms with Crippen LogP contribution in [0, 0.1) is 6.92 Å². The van der Waals surface area contributed by atoms with Crippen LogP contribution in [0.15, 0.2) is 6.07 Å². The van der Waals surface area contributed by atoms with E-state index in [0.29, 0.717) is 22.9 Å². The summed E-state index contributed by atoms with van der Waals surface area (Å²) in [5.41, 5.74) is 0.956. The Kier molecular flexibility index (Phi) is 10.8. The van der Waals surface area contributed by atoms with E-state index in [1.807, 2.05) is 0 Å². The van der Waals surface area contributed by atoms with Crippen molar-refractivity contribution >= 4 is 18.9 Å². The Labute approximate surface area is 169 Å². The molecule has 0 amide bonds. The van der Waals surface area contributed by atoms with Crippen LogP contribution in [0.25, 0.3) is 0 Å². The van der Waals surface area contributed by atoms with Crippen molar-refractivity contribution in [1.29, 1.82) is 0 Å². The van der Waals surface area contributed by atoms with Gasteiger partial charge in [-0.25, -0.2) is 4.79 Å². The van der Waals surface area contributed by atoms with Crippen LogP contribution >= 0.6 is 7.60 Å². The van der Waals surface area contributed by atoms with Gasteiger partial charge in [0.25, 0.3) is 0 Å². The average Bonchev–Trinajstić information content (AvgIpc) is 2.66. The maximum absolute atomic E-state index is 13.3. The molecule has 1 rings (SSSR count). The molecule has 0 atom stereocenters. The Morgan fingerprint density at radius 3 is 2.14 bits per heavy atom. The van der Waals surface area contributed by atoms with Gasteiger partial charge in [-0.1, -0.05) is 39.0 Å². The van der Waals surface area contributed by atoms with E-state index in [-0.39, 0.29) is 24.5 Å². The standard InChI is InChI=1S/C21H35O6P/c1-6-9-10-11-12-13-14-17-15-18(28(24,26-7-2)27-8-3)16(4)19(20(17)22)21(23)25-5/h15,22H,6-14H2,1-5H3. The van der Waals surface area contributed by atoms with Crippen LogP contribution in [-0.2, 0) is 24.8 Å². The van der Waals surface area contributed by atoms with Gasteiger partial charge < -0.3 is 18.9 Å². The number of carbonyl (C=O) groups is 1. The quantitative estimate of drug-likeness (QED) is 0.269. The topological polar surface area (TPSA) is 82.1 Å². The molecule has 0 spiro atoms. The van der Waals surface area contributed by atoms with Crippen LogP contribution in [0.4, 0.5) is 0 Å². The highest BCUT2D eigenvalue weighted by atomic mass is 31.2. The fourth-order valence-electron chi connectivity index (χ4n) is 3.25. The first kappa shape index (κ1) is 24.7. The molecule has 1 N–H and O–H groups in total. The van der Waals surface area contributed by atoms with Gasteiger partial charge in [0.15, 0.2) is 0 Å². The van der Waals surface area contributed by atoms with Crippen LogP contribution in [0.3, 0.4) is 0 Å². The number of aromatic hydroxyl groups is 1. The van der Waals surface area contributed by atoms with Gasteiger partial charge in [-0.3, -0.25) is 4.57 Å². The summed E-state index contributed by atoms with van der Waals surface area (Å²) in [5.74, 6) is -0.776. The first-order valence-electron chi connectivity index (χ1n) is 10.2. The number of hydrogen-bond donors (Lipinski definition) is 1. The molecule has 0 heterocycles. The predicted octanol–water partition coefficient (Wildman–Crippen LogP) is 5.28. The monoisotopic (exact) mass is 414 g/mol. The molecule has 0 bridgehead atoms. The zero-order valence-electron chi connectivity index (χ0n) is 17.9. The number of hydrogen-bond acceptors (Lipinski definition) is 6. The minimum absolute atomic E-state index is 0.0283. The lowest BCUT2D eigenvalue weighted by Gasteiger charge is -2.22. The van der Waals surface area contributed by atoms with Crippen molar-refractivity contribution in [2.24, 2.45) is 0 Å². The lowest BCUT2D eigenvalue weighted by Crippen LogP contribution is -2.20. The molecule has 0 aromatic heterocycles. The van der Waals surface area contributed by atoms with Crippen LogP contribution < -0.4 is 5.30 Å². The third-order valence-electron chi connectivity index (χ3n) is 4.69. The summed E-state index contributed by atoms with van der Waals surface area (Å²) in [4.78, 5) is 12.3. The highest BCUT2D eigenvalue weighted by molar-refractivity contribution is 7.62. The predicted molar refractivity (Wildman–Crippen MR) is 112 cm³/mol. The number of ether oxygens (including phenoxy) is 1. The molecule has 1 aromatic carbocycles. The van der Waals surface area contributed by atoms with Gasteiger partial charge in [-0.2, -0.15) is 0 Å². The van der Waals surface area contributed by atoms with Crippen LogP contribution in [-0.4, -0.2) is 31.4 Å². The van der Waals surface area contributed by atoms with E-state index < -0.39 is 13.6 Å². The summed E-state index contributed by atoms with van der Waals surface area (Å²) in [5, 5.41) is 11.0. The van der Waals surface area contributed by atoms with Crippen molar-refractivity contribution in [3.63, 3.8) is 0 Å². The smallest absolute Gasteiger partial charge is 0.361 e. The molecule has 0 saturated carbocycles. The average molecular weight is 414 g/mol. The second-order valence-corrected chi connectivity index (χ2v) is 8.74. The molecule has 0 fully saturated rings. The number of phenols is 1. The van der Waals surface area contributed by atoms with Gasteiger partial charge in [0, 0.05) is 0 Å². The fourth-order valence-corrected chi connectivity index (χ4v) is 5.12. The Hall–Kier alpha value is -1.36. The summed E-state index contributed by atoms with van der Waals surface area (Å²) >= 11 is 0. The number of phenolic OH excluding ortho intramolecular Hbond substituents is 1. The van der Waals surface area contributed by atoms with Crippen LogP contribution in [0.5, 0.6) is 5.75 Å². The zero-order valence-corrected chi connectivity index (χ0v) is 18.8. The van der Waals surface area contributed by atoms with Gasteiger partial charge in [-0.15, -0.1) is 0 Å². The van der Waals surface area contributed by atoms with Gasteiger partial charge >= 0.3 is 13.6 Å². The summed E-state index contributed by atoms with van der Waals surface area (Å²) in [7, 11) is -2.35. The lowest BCUT2D eigenvalue weighted by molar-refractivity contribution is 0.0596. The molecular formula is C21H35O6P. The summed E-state index contributed by atoms with van der Waals surface area (Å²) in [6.45, 7) is 7.69. The van der Waals surface area contributed by atoms with Crippen molar-refractivity contribution in [3.05, 3.63) is 22.8 Å². The van der Waals surface area contributed by atoms with Gasteiger partial charge in [0.05, 0.1) is 25.6 Å². The third kappa shape index (κ3) is 6.33. The molecule has 0 radical (unpaired) electrons. The molecule has 0 saturated heterocycles. The molecule has 0 aliphatic heterocycles. The fraction of sp³-hybridized carbons (Fsp3) is 0.667. The summed E-state index contributed by atoms with van der Waals surface area (Å²) in [6.07, 6.45) is 7.21. The molecule has 28 heavy (non-hydrogen) atoms. The Balaban J connectivity index is 3.28. The number of unbranched alkanes of at least 4 members (excludes halogenated alkanes) is 5. The second-order valence-electron chi connectivity index (χ2n) is 6.75. The minimum Gasteiger partial charge on any atom is -0.507 e. The minimum atomic E-state index is -3.61. The first-order chi connectivity index (χ1) is 13.4. The van der Waals surface area contributed by atoms with E-state index in [2.05, 4.69) is 6.92 Å². The zero-order chi connectivity index (χ0) is 21.2. The van der Waals surface area contributed by atoms with Crippen molar-refractivity contribution in [2.45, 2.75) is 72.6 Å². The number of methoxy groups -OCH3 is 1. The second kappa shape index (κ2) is 12.3. The maximum atomic E-state index is 13.3. The highest BCUT2D eigenvalue weighted by Gasteiger charge is 2.33. The third-order valence-corrected chi connectivity index (χ3v) is 6.94. The maximum Gasteiger partial charge on any atom is 0.361 e. The summed E-state index contributed by atoms with van der Waals surface area (Å²) in [6, 6.07) is 1.66. The number of rotatable bonds is 13. The molecule has 6 nitrogen and oxygen atoms in total. The Bertz CT molecular complexity index is 676. The number of benzene rings is 1. The number of carbonyl (C=O) groups excluding carboxylic acids is 1. The normalized spacial score (nSPS) is 11.6. The largest absolute Gasteiger partial charge is 0.507 e. The van der Waals surface area contributed by atoms with Crippen LogP contribution in [0.2, 0.25) is 0 Å². The molecular weight excluding hydrogens is 379 g/mol. The number of esters is 1. The SMILES string of the molecule is CCCCCCCCc1cc(P(=O)(OCC)OCC)c(C)c(C(=O)OC)c1O. The van der Waals surface area contributed by atoms with Crippen molar-refractivity contribution < 1.29 is 28.3 Å². The molecule has 7 heteroatoms. The Morgan fingerprint density at radius 2 is 1.61 bits per heavy atom. The highest BCUT2D eigenvalue weighted by Crippen LogP contribution is 2.49. The van der Waals surface area contributed by atoms with Crippen LogP contribution in [0.1, 0.15) is 80.8 Å². The lowest BCUT2D eigenvalue weighted by atomic mass is 9.98. The molecule has 160 valence electrons. The first-order valence-corrected chi connectivity index (χ1v) is 11.7.